The van der Waals surface area contributed by atoms with Crippen molar-refractivity contribution in [2.75, 3.05) is 20.7 Å². The summed E-state index contributed by atoms with van der Waals surface area (Å²) < 4.78 is 5.20. The predicted octanol–water partition coefficient (Wildman–Crippen LogP) is 4.12. The van der Waals surface area contributed by atoms with Gasteiger partial charge in [0.05, 0.1) is 13.0 Å². The van der Waals surface area contributed by atoms with Gasteiger partial charge in [0.15, 0.2) is 0 Å². The minimum absolute atomic E-state index is 0.136. The number of likely N-dealkylation sites (N-methyl/N-ethyl adjacent to an activating group) is 1. The predicted molar refractivity (Wildman–Crippen MR) is 111 cm³/mol. The molecule has 1 amide bonds. The van der Waals surface area contributed by atoms with E-state index in [1.165, 1.54) is 5.56 Å². The second-order valence-corrected chi connectivity index (χ2v) is 6.88. The van der Waals surface area contributed by atoms with Gasteiger partial charge in [0.25, 0.3) is 0 Å². The molecule has 4 nitrogen and oxygen atoms in total. The summed E-state index contributed by atoms with van der Waals surface area (Å²) in [7, 11) is 3.54. The topological polar surface area (TPSA) is 42.4 Å². The van der Waals surface area contributed by atoms with Gasteiger partial charge in [0.1, 0.15) is 5.75 Å². The zero-order chi connectivity index (χ0) is 19.8. The van der Waals surface area contributed by atoms with Gasteiger partial charge in [-0.15, -0.1) is 0 Å². The monoisotopic (exact) mass is 374 g/mol. The molecule has 144 valence electrons. The minimum atomic E-state index is -0.204. The molecular weight excluding hydrogens is 348 g/mol. The molecule has 0 bridgehead atoms. The van der Waals surface area contributed by atoms with Gasteiger partial charge in [0, 0.05) is 26.0 Å². The zero-order valence-electron chi connectivity index (χ0n) is 16.4. The van der Waals surface area contributed by atoms with Crippen molar-refractivity contribution in [3.8, 4) is 5.75 Å². The third kappa shape index (κ3) is 5.19. The van der Waals surface area contributed by atoms with Crippen LogP contribution in [-0.2, 0) is 17.6 Å². The molecule has 0 saturated carbocycles. The summed E-state index contributed by atoms with van der Waals surface area (Å²) in [6.07, 6.45) is 5.02. The number of hydrogen-bond acceptors (Lipinski definition) is 3. The molecule has 0 saturated heterocycles. The number of carbonyl (C=O) groups is 1. The molecule has 1 aromatic heterocycles. The molecule has 0 aliphatic rings. The summed E-state index contributed by atoms with van der Waals surface area (Å²) in [6, 6.07) is 21.9. The summed E-state index contributed by atoms with van der Waals surface area (Å²) >= 11 is 0. The SMILES string of the molecule is COc1ccc(CCN(C)C(=O)C(Cc2ccncc2)c2ccccc2)cc1. The summed E-state index contributed by atoms with van der Waals surface area (Å²) in [6.45, 7) is 0.671. The lowest BCUT2D eigenvalue weighted by atomic mass is 9.91. The minimum Gasteiger partial charge on any atom is -0.497 e. The van der Waals surface area contributed by atoms with Crippen molar-refractivity contribution in [2.45, 2.75) is 18.8 Å². The van der Waals surface area contributed by atoms with Crippen LogP contribution in [0.3, 0.4) is 0 Å². The van der Waals surface area contributed by atoms with Crippen LogP contribution in [-0.4, -0.2) is 36.5 Å². The molecule has 3 aromatic rings. The molecule has 0 N–H and O–H groups in total. The van der Waals surface area contributed by atoms with E-state index in [0.29, 0.717) is 13.0 Å². The van der Waals surface area contributed by atoms with Crippen LogP contribution in [0.5, 0.6) is 5.75 Å². The van der Waals surface area contributed by atoms with Crippen molar-refractivity contribution in [3.05, 3.63) is 95.8 Å². The van der Waals surface area contributed by atoms with Crippen molar-refractivity contribution < 1.29 is 9.53 Å². The molecule has 0 spiro atoms. The number of aromatic nitrogens is 1. The van der Waals surface area contributed by atoms with Crippen molar-refractivity contribution in [1.82, 2.24) is 9.88 Å². The van der Waals surface area contributed by atoms with Crippen molar-refractivity contribution in [3.63, 3.8) is 0 Å². The maximum Gasteiger partial charge on any atom is 0.230 e. The molecule has 3 rings (SSSR count). The number of ether oxygens (including phenoxy) is 1. The summed E-state index contributed by atoms with van der Waals surface area (Å²) in [5, 5.41) is 0. The highest BCUT2D eigenvalue weighted by Crippen LogP contribution is 2.23. The van der Waals surface area contributed by atoms with Gasteiger partial charge in [-0.1, -0.05) is 42.5 Å². The lowest BCUT2D eigenvalue weighted by molar-refractivity contribution is -0.131. The van der Waals surface area contributed by atoms with Gasteiger partial charge in [0.2, 0.25) is 5.91 Å². The Balaban J connectivity index is 1.70. The Morgan fingerprint density at radius 1 is 0.964 bits per heavy atom. The highest BCUT2D eigenvalue weighted by atomic mass is 16.5. The van der Waals surface area contributed by atoms with E-state index in [1.807, 2.05) is 78.7 Å². The van der Waals surface area contributed by atoms with Crippen LogP contribution in [0.25, 0.3) is 0 Å². The molecule has 0 aliphatic heterocycles. The maximum absolute atomic E-state index is 13.3. The van der Waals surface area contributed by atoms with Crippen molar-refractivity contribution in [1.29, 1.82) is 0 Å². The molecule has 0 fully saturated rings. The van der Waals surface area contributed by atoms with E-state index in [4.69, 9.17) is 4.74 Å². The van der Waals surface area contributed by atoms with Crippen LogP contribution < -0.4 is 4.74 Å². The van der Waals surface area contributed by atoms with Gasteiger partial charge < -0.3 is 9.64 Å². The van der Waals surface area contributed by atoms with Crippen LogP contribution >= 0.6 is 0 Å². The molecule has 1 unspecified atom stereocenters. The number of hydrogen-bond donors (Lipinski definition) is 0. The first-order valence-electron chi connectivity index (χ1n) is 9.49. The van der Waals surface area contributed by atoms with Crippen LogP contribution in [0.2, 0.25) is 0 Å². The van der Waals surface area contributed by atoms with Gasteiger partial charge in [-0.2, -0.15) is 0 Å². The first kappa shape index (κ1) is 19.6. The molecule has 1 heterocycles. The average Bonchev–Trinajstić information content (AvgIpc) is 2.77. The van der Waals surface area contributed by atoms with E-state index < -0.39 is 0 Å². The highest BCUT2D eigenvalue weighted by Gasteiger charge is 2.24. The van der Waals surface area contributed by atoms with E-state index in [-0.39, 0.29) is 11.8 Å². The number of amides is 1. The summed E-state index contributed by atoms with van der Waals surface area (Å²) in [5.74, 6) is 0.774. The highest BCUT2D eigenvalue weighted by molar-refractivity contribution is 5.84. The quantitative estimate of drug-likeness (QED) is 0.596. The van der Waals surface area contributed by atoms with Crippen LogP contribution in [0.1, 0.15) is 22.6 Å². The van der Waals surface area contributed by atoms with Gasteiger partial charge >= 0.3 is 0 Å². The number of benzene rings is 2. The van der Waals surface area contributed by atoms with E-state index in [0.717, 1.165) is 23.3 Å². The van der Waals surface area contributed by atoms with E-state index in [2.05, 4.69) is 4.98 Å². The third-order valence-electron chi connectivity index (χ3n) is 4.96. The molecular formula is C24H26N2O2. The molecule has 28 heavy (non-hydrogen) atoms. The summed E-state index contributed by atoms with van der Waals surface area (Å²) in [4.78, 5) is 19.2. The Labute approximate surface area is 166 Å². The van der Waals surface area contributed by atoms with Crippen LogP contribution in [0.15, 0.2) is 79.1 Å². The van der Waals surface area contributed by atoms with Crippen molar-refractivity contribution >= 4 is 5.91 Å². The van der Waals surface area contributed by atoms with E-state index >= 15 is 0 Å². The normalized spacial score (nSPS) is 11.6. The smallest absolute Gasteiger partial charge is 0.230 e. The number of nitrogens with zero attached hydrogens (tertiary/aromatic N) is 2. The standard InChI is InChI=1S/C24H26N2O2/c1-26(17-14-19-8-10-22(28-2)11-9-19)24(27)23(21-6-4-3-5-7-21)18-20-12-15-25-16-13-20/h3-13,15-16,23H,14,17-18H2,1-2H3. The first-order valence-corrected chi connectivity index (χ1v) is 9.49. The fourth-order valence-corrected chi connectivity index (χ4v) is 3.25. The van der Waals surface area contributed by atoms with Gasteiger partial charge in [-0.3, -0.25) is 9.78 Å². The van der Waals surface area contributed by atoms with E-state index in [9.17, 15) is 4.79 Å². The third-order valence-corrected chi connectivity index (χ3v) is 4.96. The fraction of sp³-hybridized carbons (Fsp3) is 0.250. The molecule has 1 atom stereocenters. The lowest BCUT2D eigenvalue weighted by Gasteiger charge is -2.24. The average molecular weight is 374 g/mol. The molecule has 4 heteroatoms. The second-order valence-electron chi connectivity index (χ2n) is 6.88. The van der Waals surface area contributed by atoms with Crippen LogP contribution in [0, 0.1) is 0 Å². The lowest BCUT2D eigenvalue weighted by Crippen LogP contribution is -2.34. The largest absolute Gasteiger partial charge is 0.497 e. The Morgan fingerprint density at radius 2 is 1.64 bits per heavy atom. The Bertz CT molecular complexity index is 864. The Kier molecular flexibility index (Phi) is 6.79. The first-order chi connectivity index (χ1) is 13.7. The summed E-state index contributed by atoms with van der Waals surface area (Å²) in [5.41, 5.74) is 3.34. The second kappa shape index (κ2) is 9.70. The Hall–Kier alpha value is -3.14. The number of pyridine rings is 1. The van der Waals surface area contributed by atoms with Gasteiger partial charge in [-0.25, -0.2) is 0 Å². The van der Waals surface area contributed by atoms with E-state index in [1.54, 1.807) is 19.5 Å². The number of methoxy groups -OCH3 is 1. The fourth-order valence-electron chi connectivity index (χ4n) is 3.25. The number of carbonyl (C=O) groups excluding carboxylic acids is 1. The number of rotatable bonds is 8. The van der Waals surface area contributed by atoms with Crippen molar-refractivity contribution in [2.24, 2.45) is 0 Å². The zero-order valence-corrected chi connectivity index (χ0v) is 16.4. The van der Waals surface area contributed by atoms with Crippen LogP contribution in [0.4, 0.5) is 0 Å². The maximum atomic E-state index is 13.3. The molecule has 0 radical (unpaired) electrons. The Morgan fingerprint density at radius 3 is 2.29 bits per heavy atom. The molecule has 2 aromatic carbocycles. The molecule has 0 aliphatic carbocycles. The van der Waals surface area contributed by atoms with Gasteiger partial charge in [-0.05, 0) is 53.8 Å².